The smallest absolute Gasteiger partial charge is 0.252 e. The first-order valence-corrected chi connectivity index (χ1v) is 7.25. The van der Waals surface area contributed by atoms with Crippen molar-refractivity contribution in [1.82, 2.24) is 9.88 Å². The van der Waals surface area contributed by atoms with E-state index in [-0.39, 0.29) is 18.4 Å². The Morgan fingerprint density at radius 2 is 2.23 bits per heavy atom. The van der Waals surface area contributed by atoms with Crippen LogP contribution in [0.2, 0.25) is 0 Å². The van der Waals surface area contributed by atoms with E-state index in [0.717, 1.165) is 12.8 Å². The molecule has 1 aliphatic heterocycles. The van der Waals surface area contributed by atoms with Crippen molar-refractivity contribution in [1.29, 1.82) is 0 Å². The minimum atomic E-state index is -0.446. The zero-order chi connectivity index (χ0) is 15.9. The molecule has 0 aromatic carbocycles. The van der Waals surface area contributed by atoms with Crippen molar-refractivity contribution in [3.8, 4) is 5.88 Å². The highest BCUT2D eigenvalue weighted by molar-refractivity contribution is 5.95. The van der Waals surface area contributed by atoms with Crippen molar-refractivity contribution < 1.29 is 19.1 Å². The molecule has 1 atom stereocenters. The molecular weight excluding hydrogens is 286 g/mol. The van der Waals surface area contributed by atoms with Gasteiger partial charge in [0.05, 0.1) is 25.5 Å². The van der Waals surface area contributed by atoms with Crippen LogP contribution in [0.25, 0.3) is 0 Å². The van der Waals surface area contributed by atoms with Crippen molar-refractivity contribution in [2.24, 2.45) is 0 Å². The number of anilines is 1. The first-order chi connectivity index (χ1) is 10.6. The second-order valence-electron chi connectivity index (χ2n) is 5.12. The molecule has 1 saturated heterocycles. The van der Waals surface area contributed by atoms with Gasteiger partial charge < -0.3 is 19.7 Å². The third-order valence-electron chi connectivity index (χ3n) is 3.58. The van der Waals surface area contributed by atoms with Crippen molar-refractivity contribution in [3.63, 3.8) is 0 Å². The number of ether oxygens (including phenoxy) is 2. The van der Waals surface area contributed by atoms with Gasteiger partial charge in [-0.05, 0) is 25.3 Å². The van der Waals surface area contributed by atoms with Crippen LogP contribution in [0, 0.1) is 0 Å². The lowest BCUT2D eigenvalue weighted by Gasteiger charge is -2.23. The molecular formula is C15H21N3O4. The molecule has 2 rings (SSSR count). The Morgan fingerprint density at radius 3 is 2.86 bits per heavy atom. The molecule has 7 nitrogen and oxygen atoms in total. The summed E-state index contributed by atoms with van der Waals surface area (Å²) in [6, 6.07) is 3.36. The molecule has 1 fully saturated rings. The van der Waals surface area contributed by atoms with Gasteiger partial charge in [0.25, 0.3) is 5.91 Å². The highest BCUT2D eigenvalue weighted by atomic mass is 16.5. The Morgan fingerprint density at radius 1 is 1.41 bits per heavy atom. The van der Waals surface area contributed by atoms with E-state index in [2.05, 4.69) is 10.3 Å². The van der Waals surface area contributed by atoms with Crippen LogP contribution in [0.5, 0.6) is 5.88 Å². The Balaban J connectivity index is 1.93. The summed E-state index contributed by atoms with van der Waals surface area (Å²) in [5.74, 6) is 0.101. The van der Waals surface area contributed by atoms with Gasteiger partial charge in [-0.3, -0.25) is 9.59 Å². The van der Waals surface area contributed by atoms with Crippen molar-refractivity contribution >= 4 is 17.5 Å². The highest BCUT2D eigenvalue weighted by Gasteiger charge is 2.27. The maximum Gasteiger partial charge on any atom is 0.252 e. The SMILES string of the molecule is COc1ccc(NC(=O)CN2CCCCC(OC)C2=O)cn1. The summed E-state index contributed by atoms with van der Waals surface area (Å²) in [5, 5.41) is 2.72. The fraction of sp³-hybridized carbons (Fsp3) is 0.533. The summed E-state index contributed by atoms with van der Waals surface area (Å²) in [6.07, 6.45) is 3.57. The average molecular weight is 307 g/mol. The minimum absolute atomic E-state index is 0.0186. The Bertz CT molecular complexity index is 518. The van der Waals surface area contributed by atoms with Gasteiger partial charge in [0.15, 0.2) is 0 Å². The molecule has 2 heterocycles. The van der Waals surface area contributed by atoms with E-state index < -0.39 is 6.10 Å². The predicted molar refractivity (Wildman–Crippen MR) is 80.6 cm³/mol. The average Bonchev–Trinajstić information content (AvgIpc) is 2.70. The molecule has 22 heavy (non-hydrogen) atoms. The van der Waals surface area contributed by atoms with Crippen LogP contribution >= 0.6 is 0 Å². The number of aromatic nitrogens is 1. The van der Waals surface area contributed by atoms with Crippen LogP contribution in [0.3, 0.4) is 0 Å². The molecule has 0 radical (unpaired) electrons. The van der Waals surface area contributed by atoms with Gasteiger partial charge in [0, 0.05) is 19.7 Å². The number of hydrogen-bond acceptors (Lipinski definition) is 5. The standard InChI is InChI=1S/C15H21N3O4/c1-21-12-5-3-4-8-18(15(12)20)10-13(19)17-11-6-7-14(22-2)16-9-11/h6-7,9,12H,3-5,8,10H2,1-2H3,(H,17,19). The maximum absolute atomic E-state index is 12.2. The molecule has 1 aromatic heterocycles. The van der Waals surface area contributed by atoms with Crippen molar-refractivity contribution in [2.75, 3.05) is 32.6 Å². The number of rotatable bonds is 5. The molecule has 7 heteroatoms. The molecule has 1 aromatic rings. The molecule has 2 amide bonds. The van der Waals surface area contributed by atoms with Gasteiger partial charge >= 0.3 is 0 Å². The number of hydrogen-bond donors (Lipinski definition) is 1. The second-order valence-corrected chi connectivity index (χ2v) is 5.12. The number of methoxy groups -OCH3 is 2. The van der Waals surface area contributed by atoms with E-state index >= 15 is 0 Å². The van der Waals surface area contributed by atoms with E-state index in [1.807, 2.05) is 0 Å². The van der Waals surface area contributed by atoms with Crippen LogP contribution in [-0.2, 0) is 14.3 Å². The Hall–Kier alpha value is -2.15. The number of nitrogens with zero attached hydrogens (tertiary/aromatic N) is 2. The number of carbonyl (C=O) groups excluding carboxylic acids is 2. The second kappa shape index (κ2) is 7.74. The van der Waals surface area contributed by atoms with Crippen LogP contribution in [0.1, 0.15) is 19.3 Å². The van der Waals surface area contributed by atoms with Gasteiger partial charge in [-0.15, -0.1) is 0 Å². The third-order valence-corrected chi connectivity index (χ3v) is 3.58. The predicted octanol–water partition coefficient (Wildman–Crippen LogP) is 1.06. The topological polar surface area (TPSA) is 80.8 Å². The summed E-state index contributed by atoms with van der Waals surface area (Å²) >= 11 is 0. The largest absolute Gasteiger partial charge is 0.481 e. The zero-order valence-electron chi connectivity index (χ0n) is 12.9. The number of pyridine rings is 1. The highest BCUT2D eigenvalue weighted by Crippen LogP contribution is 2.15. The van der Waals surface area contributed by atoms with Crippen LogP contribution in [0.15, 0.2) is 18.3 Å². The number of likely N-dealkylation sites (tertiary alicyclic amines) is 1. The molecule has 0 aliphatic carbocycles. The molecule has 1 unspecified atom stereocenters. The van der Waals surface area contributed by atoms with E-state index in [1.165, 1.54) is 20.4 Å². The summed E-state index contributed by atoms with van der Waals surface area (Å²) < 4.78 is 10.1. The van der Waals surface area contributed by atoms with E-state index in [1.54, 1.807) is 17.0 Å². The molecule has 1 aliphatic rings. The normalized spacial score (nSPS) is 18.7. The van der Waals surface area contributed by atoms with E-state index in [4.69, 9.17) is 9.47 Å². The van der Waals surface area contributed by atoms with Gasteiger partial charge in [0.2, 0.25) is 11.8 Å². The Kier molecular flexibility index (Phi) is 5.71. The molecule has 0 bridgehead atoms. The van der Waals surface area contributed by atoms with E-state index in [0.29, 0.717) is 24.5 Å². The molecule has 0 spiro atoms. The summed E-state index contributed by atoms with van der Waals surface area (Å²) in [7, 11) is 3.05. The lowest BCUT2D eigenvalue weighted by Crippen LogP contribution is -2.43. The maximum atomic E-state index is 12.2. The third kappa shape index (κ3) is 4.17. The monoisotopic (exact) mass is 307 g/mol. The Labute approximate surface area is 129 Å². The first-order valence-electron chi connectivity index (χ1n) is 7.25. The fourth-order valence-corrected chi connectivity index (χ4v) is 2.39. The van der Waals surface area contributed by atoms with Gasteiger partial charge in [-0.1, -0.05) is 0 Å². The van der Waals surface area contributed by atoms with E-state index in [9.17, 15) is 9.59 Å². The lowest BCUT2D eigenvalue weighted by molar-refractivity contribution is -0.143. The van der Waals surface area contributed by atoms with Crippen molar-refractivity contribution in [3.05, 3.63) is 18.3 Å². The lowest BCUT2D eigenvalue weighted by atomic mass is 10.2. The van der Waals surface area contributed by atoms with Gasteiger partial charge in [0.1, 0.15) is 6.10 Å². The molecule has 1 N–H and O–H groups in total. The van der Waals surface area contributed by atoms with Gasteiger partial charge in [-0.2, -0.15) is 0 Å². The first kappa shape index (κ1) is 16.2. The number of nitrogens with one attached hydrogen (secondary N) is 1. The van der Waals surface area contributed by atoms with Crippen LogP contribution < -0.4 is 10.1 Å². The summed E-state index contributed by atoms with van der Waals surface area (Å²) in [6.45, 7) is 0.595. The number of carbonyl (C=O) groups is 2. The quantitative estimate of drug-likeness (QED) is 0.879. The summed E-state index contributed by atoms with van der Waals surface area (Å²) in [5.41, 5.74) is 0.566. The van der Waals surface area contributed by atoms with Gasteiger partial charge in [-0.25, -0.2) is 4.98 Å². The molecule has 120 valence electrons. The van der Waals surface area contributed by atoms with Crippen molar-refractivity contribution in [2.45, 2.75) is 25.4 Å². The fourth-order valence-electron chi connectivity index (χ4n) is 2.39. The zero-order valence-corrected chi connectivity index (χ0v) is 12.9. The number of amides is 2. The minimum Gasteiger partial charge on any atom is -0.481 e. The van der Waals surface area contributed by atoms with Crippen LogP contribution in [0.4, 0.5) is 5.69 Å². The van der Waals surface area contributed by atoms with Crippen LogP contribution in [-0.4, -0.2) is 55.1 Å². The summed E-state index contributed by atoms with van der Waals surface area (Å²) in [4.78, 5) is 29.9. The molecule has 0 saturated carbocycles.